The number of nitrogens with one attached hydrogen (secondary N) is 1. The van der Waals surface area contributed by atoms with Crippen LogP contribution in [-0.2, 0) is 4.79 Å². The summed E-state index contributed by atoms with van der Waals surface area (Å²) in [5, 5.41) is 12.5. The van der Waals surface area contributed by atoms with Gasteiger partial charge in [0.05, 0.1) is 5.75 Å². The van der Waals surface area contributed by atoms with Crippen LogP contribution in [0.25, 0.3) is 0 Å². The Hall–Kier alpha value is -0.910. The second-order valence-corrected chi connectivity index (χ2v) is 5.47. The van der Waals surface area contributed by atoms with Crippen molar-refractivity contribution in [1.29, 1.82) is 0 Å². The van der Waals surface area contributed by atoms with Crippen molar-refractivity contribution in [2.45, 2.75) is 17.9 Å². The van der Waals surface area contributed by atoms with Crippen LogP contribution in [0.5, 0.6) is 5.75 Å². The Morgan fingerprint density at radius 2 is 2.16 bits per heavy atom. The van der Waals surface area contributed by atoms with Crippen molar-refractivity contribution in [2.24, 2.45) is 0 Å². The maximum atomic E-state index is 12.1. The summed E-state index contributed by atoms with van der Waals surface area (Å²) in [4.78, 5) is 15.0. The fourth-order valence-corrected chi connectivity index (χ4v) is 2.77. The number of rotatable bonds is 3. The van der Waals surface area contributed by atoms with Gasteiger partial charge in [0.15, 0.2) is 0 Å². The molecule has 2 N–H and O–H groups in total. The SMILES string of the molecule is C[C@H]1CNCCN1C(=O)CSc1ccc(O)cc1.Cl. The largest absolute Gasteiger partial charge is 0.508 e. The fourth-order valence-electron chi connectivity index (χ4n) is 1.98. The van der Waals surface area contributed by atoms with Gasteiger partial charge in [-0.2, -0.15) is 0 Å². The molecule has 1 atom stereocenters. The number of hydrogen-bond acceptors (Lipinski definition) is 4. The van der Waals surface area contributed by atoms with E-state index in [-0.39, 0.29) is 30.1 Å². The van der Waals surface area contributed by atoms with Crippen molar-refractivity contribution >= 4 is 30.1 Å². The molecule has 1 aliphatic rings. The Morgan fingerprint density at radius 1 is 1.47 bits per heavy atom. The van der Waals surface area contributed by atoms with Crippen LogP contribution in [0, 0.1) is 0 Å². The predicted octanol–water partition coefficient (Wildman–Crippen LogP) is 1.73. The molecule has 1 amide bonds. The van der Waals surface area contributed by atoms with Gasteiger partial charge in [-0.15, -0.1) is 24.2 Å². The molecule has 0 radical (unpaired) electrons. The van der Waals surface area contributed by atoms with E-state index in [2.05, 4.69) is 12.2 Å². The van der Waals surface area contributed by atoms with E-state index in [1.165, 1.54) is 11.8 Å². The van der Waals surface area contributed by atoms with Crippen LogP contribution in [0.3, 0.4) is 0 Å². The fraction of sp³-hybridized carbons (Fsp3) is 0.462. The molecule has 0 aliphatic carbocycles. The number of carbonyl (C=O) groups is 1. The number of carbonyl (C=O) groups excluding carboxylic acids is 1. The highest BCUT2D eigenvalue weighted by molar-refractivity contribution is 8.00. The quantitative estimate of drug-likeness (QED) is 0.835. The van der Waals surface area contributed by atoms with E-state index in [0.29, 0.717) is 5.75 Å². The minimum Gasteiger partial charge on any atom is -0.508 e. The van der Waals surface area contributed by atoms with Gasteiger partial charge in [0.25, 0.3) is 0 Å². The molecule has 6 heteroatoms. The zero-order valence-electron chi connectivity index (χ0n) is 10.8. The zero-order valence-corrected chi connectivity index (χ0v) is 12.5. The van der Waals surface area contributed by atoms with E-state index in [1.807, 2.05) is 17.0 Å². The Bertz CT molecular complexity index is 414. The monoisotopic (exact) mass is 302 g/mol. The Kier molecular flexibility index (Phi) is 6.48. The van der Waals surface area contributed by atoms with Crippen molar-refractivity contribution in [3.8, 4) is 5.75 Å². The molecular weight excluding hydrogens is 284 g/mol. The first-order valence-corrected chi connectivity index (χ1v) is 7.07. The van der Waals surface area contributed by atoms with Crippen molar-refractivity contribution in [1.82, 2.24) is 10.2 Å². The van der Waals surface area contributed by atoms with E-state index in [9.17, 15) is 9.90 Å². The molecule has 4 nitrogen and oxygen atoms in total. The van der Waals surface area contributed by atoms with E-state index in [1.54, 1.807) is 12.1 Å². The summed E-state index contributed by atoms with van der Waals surface area (Å²) in [6.45, 7) is 4.60. The molecule has 1 fully saturated rings. The number of nitrogens with zero attached hydrogens (tertiary/aromatic N) is 1. The number of benzene rings is 1. The first-order valence-electron chi connectivity index (χ1n) is 6.09. The zero-order chi connectivity index (χ0) is 13.0. The number of phenolic OH excluding ortho intramolecular Hbond substituents is 1. The standard InChI is InChI=1S/C13H18N2O2S.ClH/c1-10-8-14-6-7-15(10)13(17)9-18-12-4-2-11(16)3-5-12;/h2-5,10,14,16H,6-9H2,1H3;1H/t10-;/m0./s1. The first kappa shape index (κ1) is 16.1. The molecular formula is C13H19ClN2O2S. The molecule has 0 unspecified atom stereocenters. The molecule has 0 saturated carbocycles. The molecule has 19 heavy (non-hydrogen) atoms. The van der Waals surface area contributed by atoms with Gasteiger partial charge in [0.2, 0.25) is 5.91 Å². The van der Waals surface area contributed by atoms with Crippen LogP contribution in [0.15, 0.2) is 29.2 Å². The van der Waals surface area contributed by atoms with Crippen molar-refractivity contribution < 1.29 is 9.90 Å². The van der Waals surface area contributed by atoms with Gasteiger partial charge in [-0.3, -0.25) is 4.79 Å². The van der Waals surface area contributed by atoms with Gasteiger partial charge >= 0.3 is 0 Å². The number of thioether (sulfide) groups is 1. The number of halogens is 1. The van der Waals surface area contributed by atoms with Gasteiger partial charge in [0.1, 0.15) is 5.75 Å². The third-order valence-electron chi connectivity index (χ3n) is 3.02. The van der Waals surface area contributed by atoms with Gasteiger partial charge in [-0.25, -0.2) is 0 Å². The molecule has 2 rings (SSSR count). The van der Waals surface area contributed by atoms with E-state index in [4.69, 9.17) is 0 Å². The smallest absolute Gasteiger partial charge is 0.233 e. The molecule has 1 aliphatic heterocycles. The average molecular weight is 303 g/mol. The predicted molar refractivity (Wildman–Crippen MR) is 80.1 cm³/mol. The topological polar surface area (TPSA) is 52.6 Å². The first-order chi connectivity index (χ1) is 8.66. The maximum Gasteiger partial charge on any atom is 0.233 e. The van der Waals surface area contributed by atoms with Crippen LogP contribution in [0.4, 0.5) is 0 Å². The number of phenols is 1. The Morgan fingerprint density at radius 3 is 2.79 bits per heavy atom. The van der Waals surface area contributed by atoms with Crippen LogP contribution in [0.1, 0.15) is 6.92 Å². The number of aromatic hydroxyl groups is 1. The third kappa shape index (κ3) is 4.60. The van der Waals surface area contributed by atoms with Gasteiger partial charge in [-0.05, 0) is 31.2 Å². The highest BCUT2D eigenvalue weighted by Crippen LogP contribution is 2.21. The lowest BCUT2D eigenvalue weighted by molar-refractivity contribution is -0.131. The highest BCUT2D eigenvalue weighted by atomic mass is 35.5. The van der Waals surface area contributed by atoms with Gasteiger partial charge in [-0.1, -0.05) is 0 Å². The van der Waals surface area contributed by atoms with Gasteiger partial charge < -0.3 is 15.3 Å². The lowest BCUT2D eigenvalue weighted by Gasteiger charge is -2.33. The normalized spacial score (nSPS) is 18.8. The molecule has 1 heterocycles. The van der Waals surface area contributed by atoms with Crippen LogP contribution < -0.4 is 5.32 Å². The van der Waals surface area contributed by atoms with Crippen LogP contribution in [0.2, 0.25) is 0 Å². The molecule has 106 valence electrons. The van der Waals surface area contributed by atoms with E-state index < -0.39 is 0 Å². The molecule has 0 spiro atoms. The third-order valence-corrected chi connectivity index (χ3v) is 4.02. The summed E-state index contributed by atoms with van der Waals surface area (Å²) >= 11 is 1.51. The average Bonchev–Trinajstić information content (AvgIpc) is 2.38. The van der Waals surface area contributed by atoms with E-state index >= 15 is 0 Å². The summed E-state index contributed by atoms with van der Waals surface area (Å²) in [5.74, 6) is 0.887. The molecule has 1 saturated heterocycles. The van der Waals surface area contributed by atoms with Gasteiger partial charge in [0, 0.05) is 30.6 Å². The van der Waals surface area contributed by atoms with Crippen molar-refractivity contribution in [3.05, 3.63) is 24.3 Å². The number of hydrogen-bond donors (Lipinski definition) is 2. The van der Waals surface area contributed by atoms with Crippen LogP contribution >= 0.6 is 24.2 Å². The minimum absolute atomic E-state index is 0. The Balaban J connectivity index is 0.00000180. The lowest BCUT2D eigenvalue weighted by Crippen LogP contribution is -2.52. The molecule has 0 aromatic heterocycles. The summed E-state index contributed by atoms with van der Waals surface area (Å²) in [5.41, 5.74) is 0. The van der Waals surface area contributed by atoms with Crippen molar-refractivity contribution in [3.63, 3.8) is 0 Å². The number of piperazine rings is 1. The maximum absolute atomic E-state index is 12.1. The van der Waals surface area contributed by atoms with Crippen molar-refractivity contribution in [2.75, 3.05) is 25.4 Å². The molecule has 0 bridgehead atoms. The summed E-state index contributed by atoms with van der Waals surface area (Å²) in [6, 6.07) is 7.20. The van der Waals surface area contributed by atoms with Crippen LogP contribution in [-0.4, -0.2) is 47.3 Å². The Labute approximate surface area is 124 Å². The molecule has 1 aromatic carbocycles. The number of amides is 1. The lowest BCUT2D eigenvalue weighted by atomic mass is 10.2. The summed E-state index contributed by atoms with van der Waals surface area (Å²) in [7, 11) is 0. The summed E-state index contributed by atoms with van der Waals surface area (Å²) in [6.07, 6.45) is 0. The highest BCUT2D eigenvalue weighted by Gasteiger charge is 2.22. The van der Waals surface area contributed by atoms with E-state index in [0.717, 1.165) is 24.5 Å². The second-order valence-electron chi connectivity index (χ2n) is 4.42. The molecule has 1 aromatic rings. The summed E-state index contributed by atoms with van der Waals surface area (Å²) < 4.78 is 0. The minimum atomic E-state index is 0. The second kappa shape index (κ2) is 7.62.